The molecule has 4 heterocycles. The Bertz CT molecular complexity index is 948. The van der Waals surface area contributed by atoms with Gasteiger partial charge in [-0.05, 0) is 24.1 Å². The average molecular weight is 308 g/mol. The monoisotopic (exact) mass is 308 g/mol. The molecule has 0 aliphatic rings. The summed E-state index contributed by atoms with van der Waals surface area (Å²) in [7, 11) is 0. The van der Waals surface area contributed by atoms with E-state index in [0.717, 1.165) is 28.8 Å². The van der Waals surface area contributed by atoms with Crippen LogP contribution < -0.4 is 0 Å². The zero-order valence-electron chi connectivity index (χ0n) is 12.9. The van der Waals surface area contributed by atoms with Gasteiger partial charge in [-0.15, -0.1) is 0 Å². The highest BCUT2D eigenvalue weighted by atomic mass is 16.5. The highest BCUT2D eigenvalue weighted by Gasteiger charge is 2.17. The van der Waals surface area contributed by atoms with E-state index in [-0.39, 0.29) is 0 Å². The Morgan fingerprint density at radius 2 is 2.13 bits per heavy atom. The summed E-state index contributed by atoms with van der Waals surface area (Å²) in [4.78, 5) is 11.9. The van der Waals surface area contributed by atoms with Gasteiger partial charge in [0.05, 0.1) is 0 Å². The van der Waals surface area contributed by atoms with Crippen molar-refractivity contribution in [2.75, 3.05) is 0 Å². The lowest BCUT2D eigenvalue weighted by molar-refractivity contribution is 0.421. The van der Waals surface area contributed by atoms with Crippen LogP contribution in [0, 0.1) is 5.92 Å². The molecule has 116 valence electrons. The van der Waals surface area contributed by atoms with Crippen LogP contribution in [0.5, 0.6) is 0 Å². The number of aromatic nitrogens is 6. The molecule has 0 fully saturated rings. The third-order valence-corrected chi connectivity index (χ3v) is 3.60. The van der Waals surface area contributed by atoms with Gasteiger partial charge in [0.2, 0.25) is 5.82 Å². The van der Waals surface area contributed by atoms with Crippen LogP contribution in [0.4, 0.5) is 0 Å². The van der Waals surface area contributed by atoms with E-state index >= 15 is 0 Å². The topological polar surface area (TPSA) is 85.4 Å². The summed E-state index contributed by atoms with van der Waals surface area (Å²) in [6.45, 7) is 5.09. The van der Waals surface area contributed by atoms with E-state index in [1.54, 1.807) is 12.4 Å². The Morgan fingerprint density at radius 3 is 3.00 bits per heavy atom. The maximum atomic E-state index is 5.46. The van der Waals surface area contributed by atoms with Gasteiger partial charge in [-0.2, -0.15) is 10.1 Å². The molecule has 0 saturated heterocycles. The van der Waals surface area contributed by atoms with Crippen molar-refractivity contribution < 1.29 is 4.52 Å². The first-order valence-electron chi connectivity index (χ1n) is 7.51. The molecule has 0 aromatic carbocycles. The molecule has 0 aliphatic heterocycles. The van der Waals surface area contributed by atoms with Crippen LogP contribution in [-0.2, 0) is 6.54 Å². The van der Waals surface area contributed by atoms with E-state index in [1.165, 1.54) is 0 Å². The third kappa shape index (κ3) is 2.40. The van der Waals surface area contributed by atoms with E-state index in [4.69, 9.17) is 4.52 Å². The lowest BCUT2D eigenvalue weighted by Gasteiger charge is -2.06. The number of nitrogens with one attached hydrogen (secondary N) is 1. The van der Waals surface area contributed by atoms with E-state index in [2.05, 4.69) is 39.1 Å². The van der Waals surface area contributed by atoms with Gasteiger partial charge in [-0.1, -0.05) is 19.0 Å². The van der Waals surface area contributed by atoms with Crippen LogP contribution >= 0.6 is 0 Å². The van der Waals surface area contributed by atoms with Gasteiger partial charge in [0.1, 0.15) is 11.3 Å². The Balaban J connectivity index is 1.75. The molecule has 4 rings (SSSR count). The van der Waals surface area contributed by atoms with Crippen LogP contribution in [0.3, 0.4) is 0 Å². The molecule has 0 atom stereocenters. The molecular formula is C16H16N6O. The van der Waals surface area contributed by atoms with Crippen molar-refractivity contribution in [1.82, 2.24) is 29.9 Å². The summed E-state index contributed by atoms with van der Waals surface area (Å²) in [5.74, 6) is 1.50. The number of hydrogen-bond acceptors (Lipinski definition) is 5. The van der Waals surface area contributed by atoms with Crippen molar-refractivity contribution in [3.05, 3.63) is 36.8 Å². The molecule has 23 heavy (non-hydrogen) atoms. The maximum Gasteiger partial charge on any atom is 0.276 e. The first-order valence-corrected chi connectivity index (χ1v) is 7.51. The summed E-state index contributed by atoms with van der Waals surface area (Å²) in [6.07, 6.45) is 5.32. The van der Waals surface area contributed by atoms with Crippen LogP contribution in [-0.4, -0.2) is 29.9 Å². The fourth-order valence-corrected chi connectivity index (χ4v) is 2.60. The molecule has 7 nitrogen and oxygen atoms in total. The van der Waals surface area contributed by atoms with E-state index in [9.17, 15) is 0 Å². The van der Waals surface area contributed by atoms with Crippen molar-refractivity contribution in [3.63, 3.8) is 0 Å². The van der Waals surface area contributed by atoms with Gasteiger partial charge in [0, 0.05) is 36.1 Å². The molecule has 0 spiro atoms. The first kappa shape index (κ1) is 13.7. The van der Waals surface area contributed by atoms with Gasteiger partial charge < -0.3 is 9.51 Å². The van der Waals surface area contributed by atoms with Gasteiger partial charge in [0.25, 0.3) is 5.89 Å². The van der Waals surface area contributed by atoms with E-state index in [0.29, 0.717) is 17.6 Å². The summed E-state index contributed by atoms with van der Waals surface area (Å²) < 4.78 is 7.35. The van der Waals surface area contributed by atoms with Gasteiger partial charge in [-0.25, -0.2) is 4.98 Å². The van der Waals surface area contributed by atoms with Crippen molar-refractivity contribution >= 4 is 11.0 Å². The van der Waals surface area contributed by atoms with Gasteiger partial charge in [-0.3, -0.25) is 4.68 Å². The molecule has 0 radical (unpaired) electrons. The standard InChI is InChI=1S/C16H16N6O/c1-10(2)9-22-13(5-8-19-22)16-20-15(21-23-16)12-4-7-18-14-11(12)3-6-17-14/h3-8,10H,9H2,1-2H3,(H,17,18). The Labute approximate surface area is 132 Å². The minimum atomic E-state index is 0.471. The molecule has 0 unspecified atom stereocenters. The van der Waals surface area contributed by atoms with E-state index < -0.39 is 0 Å². The lowest BCUT2D eigenvalue weighted by atomic mass is 10.2. The highest BCUT2D eigenvalue weighted by molar-refractivity contribution is 5.90. The van der Waals surface area contributed by atoms with Crippen LogP contribution in [0.2, 0.25) is 0 Å². The second kappa shape index (κ2) is 5.35. The number of rotatable bonds is 4. The number of nitrogens with zero attached hydrogens (tertiary/aromatic N) is 5. The van der Waals surface area contributed by atoms with Crippen molar-refractivity contribution in [1.29, 1.82) is 0 Å². The van der Waals surface area contributed by atoms with Crippen LogP contribution in [0.25, 0.3) is 34.0 Å². The molecule has 0 saturated carbocycles. The highest BCUT2D eigenvalue weighted by Crippen LogP contribution is 2.27. The molecule has 4 aromatic heterocycles. The quantitative estimate of drug-likeness (QED) is 0.626. The smallest absolute Gasteiger partial charge is 0.276 e. The Kier molecular flexibility index (Phi) is 3.18. The minimum absolute atomic E-state index is 0.471. The van der Waals surface area contributed by atoms with Crippen LogP contribution in [0.1, 0.15) is 13.8 Å². The molecule has 1 N–H and O–H groups in total. The second-order valence-corrected chi connectivity index (χ2v) is 5.81. The molecular weight excluding hydrogens is 292 g/mol. The Hall–Kier alpha value is -2.96. The van der Waals surface area contributed by atoms with Crippen molar-refractivity contribution in [2.45, 2.75) is 20.4 Å². The third-order valence-electron chi connectivity index (χ3n) is 3.60. The fourth-order valence-electron chi connectivity index (χ4n) is 2.60. The predicted molar refractivity (Wildman–Crippen MR) is 85.4 cm³/mol. The van der Waals surface area contributed by atoms with Crippen molar-refractivity contribution in [3.8, 4) is 23.0 Å². The second-order valence-electron chi connectivity index (χ2n) is 5.81. The SMILES string of the molecule is CC(C)Cn1nccc1-c1nc(-c2ccnc3[nH]ccc23)no1. The summed E-state index contributed by atoms with van der Waals surface area (Å²) in [6, 6.07) is 5.73. The molecule has 0 amide bonds. The zero-order valence-corrected chi connectivity index (χ0v) is 12.9. The number of fused-ring (bicyclic) bond motifs is 1. The average Bonchev–Trinajstić information content (AvgIpc) is 3.25. The van der Waals surface area contributed by atoms with Gasteiger partial charge in [0.15, 0.2) is 0 Å². The Morgan fingerprint density at radius 1 is 1.22 bits per heavy atom. The lowest BCUT2D eigenvalue weighted by Crippen LogP contribution is -2.07. The minimum Gasteiger partial charge on any atom is -0.346 e. The summed E-state index contributed by atoms with van der Waals surface area (Å²) >= 11 is 0. The van der Waals surface area contributed by atoms with Gasteiger partial charge >= 0.3 is 0 Å². The largest absolute Gasteiger partial charge is 0.346 e. The predicted octanol–water partition coefficient (Wildman–Crippen LogP) is 3.13. The first-order chi connectivity index (χ1) is 11.2. The number of H-pyrrole nitrogens is 1. The fraction of sp³-hybridized carbons (Fsp3) is 0.250. The molecule has 0 bridgehead atoms. The van der Waals surface area contributed by atoms with E-state index in [1.807, 2.05) is 29.1 Å². The number of pyridine rings is 1. The van der Waals surface area contributed by atoms with Crippen molar-refractivity contribution in [2.24, 2.45) is 5.92 Å². The summed E-state index contributed by atoms with van der Waals surface area (Å²) in [5, 5.41) is 9.42. The molecule has 0 aliphatic carbocycles. The maximum absolute atomic E-state index is 5.46. The summed E-state index contributed by atoms with van der Waals surface area (Å²) in [5.41, 5.74) is 2.52. The number of hydrogen-bond donors (Lipinski definition) is 1. The molecule has 7 heteroatoms. The van der Waals surface area contributed by atoms with Crippen LogP contribution in [0.15, 0.2) is 41.3 Å². The zero-order chi connectivity index (χ0) is 15.8. The number of aromatic amines is 1. The molecule has 4 aromatic rings. The normalized spacial score (nSPS) is 11.6.